The summed E-state index contributed by atoms with van der Waals surface area (Å²) in [4.78, 5) is 18.7. The van der Waals surface area contributed by atoms with E-state index in [4.69, 9.17) is 0 Å². The Labute approximate surface area is 114 Å². The van der Waals surface area contributed by atoms with Gasteiger partial charge in [0, 0.05) is 15.7 Å². The van der Waals surface area contributed by atoms with Gasteiger partial charge >= 0.3 is 5.97 Å². The second kappa shape index (κ2) is 5.35. The molecule has 1 aromatic heterocycles. The molecule has 0 saturated carbocycles. The van der Waals surface area contributed by atoms with Gasteiger partial charge in [-0.2, -0.15) is 0 Å². The van der Waals surface area contributed by atoms with Crippen molar-refractivity contribution >= 4 is 21.9 Å². The minimum absolute atomic E-state index is 0.161. The number of hydrogen-bond donors (Lipinski definition) is 1. The molecule has 0 atom stereocenters. The van der Waals surface area contributed by atoms with Crippen LogP contribution in [0.15, 0.2) is 28.7 Å². The molecular formula is C13H13BrN2O2. The Morgan fingerprint density at radius 2 is 2.06 bits per heavy atom. The number of ether oxygens (including phenoxy) is 1. The lowest BCUT2D eigenvalue weighted by molar-refractivity contribution is -0.139. The molecule has 18 heavy (non-hydrogen) atoms. The Morgan fingerprint density at radius 1 is 1.39 bits per heavy atom. The number of H-pyrrole nitrogens is 1. The number of imidazole rings is 1. The van der Waals surface area contributed by atoms with Crippen LogP contribution in [0.1, 0.15) is 11.5 Å². The van der Waals surface area contributed by atoms with Crippen molar-refractivity contribution < 1.29 is 9.53 Å². The summed E-state index contributed by atoms with van der Waals surface area (Å²) in [5, 5.41) is 0. The summed E-state index contributed by atoms with van der Waals surface area (Å²) in [7, 11) is 1.37. The zero-order valence-electron chi connectivity index (χ0n) is 10.2. The highest BCUT2D eigenvalue weighted by Crippen LogP contribution is 2.23. The molecule has 2 aromatic rings. The van der Waals surface area contributed by atoms with E-state index >= 15 is 0 Å². The summed E-state index contributed by atoms with van der Waals surface area (Å²) < 4.78 is 5.64. The third-order valence-corrected chi connectivity index (χ3v) is 3.12. The second-order valence-electron chi connectivity index (χ2n) is 3.92. The SMILES string of the molecule is COC(=O)Cc1nc(-c2ccc(Br)cc2)c(C)[nH]1. The van der Waals surface area contributed by atoms with Crippen LogP contribution in [0.25, 0.3) is 11.3 Å². The first-order valence-electron chi connectivity index (χ1n) is 5.48. The van der Waals surface area contributed by atoms with Crippen LogP contribution in [0.5, 0.6) is 0 Å². The van der Waals surface area contributed by atoms with Crippen LogP contribution < -0.4 is 0 Å². The summed E-state index contributed by atoms with van der Waals surface area (Å²) in [5.41, 5.74) is 2.82. The van der Waals surface area contributed by atoms with Crippen LogP contribution in [0, 0.1) is 6.92 Å². The van der Waals surface area contributed by atoms with Crippen LogP contribution in [-0.2, 0) is 16.0 Å². The molecule has 0 aliphatic rings. The molecule has 0 radical (unpaired) electrons. The summed E-state index contributed by atoms with van der Waals surface area (Å²) in [6, 6.07) is 7.89. The highest BCUT2D eigenvalue weighted by molar-refractivity contribution is 9.10. The average Bonchev–Trinajstić information content (AvgIpc) is 2.71. The maximum atomic E-state index is 11.2. The number of aromatic amines is 1. The number of carbonyl (C=O) groups is 1. The number of benzene rings is 1. The number of hydrogen-bond acceptors (Lipinski definition) is 3. The lowest BCUT2D eigenvalue weighted by Crippen LogP contribution is -2.05. The van der Waals surface area contributed by atoms with Crippen molar-refractivity contribution in [1.29, 1.82) is 0 Å². The summed E-state index contributed by atoms with van der Waals surface area (Å²) in [6.07, 6.45) is 0.161. The summed E-state index contributed by atoms with van der Waals surface area (Å²) in [5.74, 6) is 0.323. The smallest absolute Gasteiger partial charge is 0.313 e. The largest absolute Gasteiger partial charge is 0.469 e. The van der Waals surface area contributed by atoms with Crippen molar-refractivity contribution in [3.8, 4) is 11.3 Å². The fourth-order valence-corrected chi connectivity index (χ4v) is 1.97. The molecule has 1 heterocycles. The first kappa shape index (κ1) is 12.8. The van der Waals surface area contributed by atoms with E-state index in [1.807, 2.05) is 31.2 Å². The normalized spacial score (nSPS) is 10.4. The fraction of sp³-hybridized carbons (Fsp3) is 0.231. The van der Waals surface area contributed by atoms with Crippen molar-refractivity contribution in [2.75, 3.05) is 7.11 Å². The predicted octanol–water partition coefficient (Wildman–Crippen LogP) is 2.86. The Morgan fingerprint density at radius 3 is 2.67 bits per heavy atom. The molecule has 0 aliphatic heterocycles. The molecule has 94 valence electrons. The number of nitrogens with one attached hydrogen (secondary N) is 1. The molecule has 0 aliphatic carbocycles. The molecule has 5 heteroatoms. The van der Waals surface area contributed by atoms with E-state index in [9.17, 15) is 4.79 Å². The number of methoxy groups -OCH3 is 1. The highest BCUT2D eigenvalue weighted by Gasteiger charge is 2.11. The number of aryl methyl sites for hydroxylation is 1. The van der Waals surface area contributed by atoms with Crippen LogP contribution in [-0.4, -0.2) is 23.0 Å². The third-order valence-electron chi connectivity index (χ3n) is 2.59. The maximum Gasteiger partial charge on any atom is 0.313 e. The highest BCUT2D eigenvalue weighted by atomic mass is 79.9. The Kier molecular flexibility index (Phi) is 3.81. The fourth-order valence-electron chi connectivity index (χ4n) is 1.70. The van der Waals surface area contributed by atoms with Gasteiger partial charge in [-0.05, 0) is 19.1 Å². The van der Waals surface area contributed by atoms with Gasteiger partial charge in [0.15, 0.2) is 0 Å². The van der Waals surface area contributed by atoms with Crippen molar-refractivity contribution in [3.05, 3.63) is 40.3 Å². The molecule has 0 amide bonds. The van der Waals surface area contributed by atoms with E-state index in [0.717, 1.165) is 21.4 Å². The summed E-state index contributed by atoms with van der Waals surface area (Å²) in [6.45, 7) is 1.94. The number of esters is 1. The standard InChI is InChI=1S/C13H13BrN2O2/c1-8-13(9-3-5-10(14)6-4-9)16-11(15-8)7-12(17)18-2/h3-6H,7H2,1-2H3,(H,15,16). The van der Waals surface area contributed by atoms with Crippen molar-refractivity contribution in [2.24, 2.45) is 0 Å². The number of rotatable bonds is 3. The van der Waals surface area contributed by atoms with Crippen LogP contribution in [0.3, 0.4) is 0 Å². The van der Waals surface area contributed by atoms with Crippen molar-refractivity contribution in [1.82, 2.24) is 9.97 Å². The molecule has 0 spiro atoms. The summed E-state index contributed by atoms with van der Waals surface area (Å²) >= 11 is 3.39. The van der Waals surface area contributed by atoms with E-state index in [1.165, 1.54) is 7.11 Å². The van der Waals surface area contributed by atoms with Gasteiger partial charge in [-0.15, -0.1) is 0 Å². The van der Waals surface area contributed by atoms with E-state index in [2.05, 4.69) is 30.6 Å². The van der Waals surface area contributed by atoms with E-state index in [1.54, 1.807) is 0 Å². The molecule has 0 fully saturated rings. The van der Waals surface area contributed by atoms with Crippen LogP contribution >= 0.6 is 15.9 Å². The number of aromatic nitrogens is 2. The number of halogens is 1. The first-order chi connectivity index (χ1) is 8.60. The molecule has 0 bridgehead atoms. The molecule has 1 aromatic carbocycles. The predicted molar refractivity (Wildman–Crippen MR) is 72.2 cm³/mol. The van der Waals surface area contributed by atoms with Gasteiger partial charge in [0.25, 0.3) is 0 Å². The first-order valence-corrected chi connectivity index (χ1v) is 6.27. The lowest BCUT2D eigenvalue weighted by Gasteiger charge is -1.98. The average molecular weight is 309 g/mol. The minimum Gasteiger partial charge on any atom is -0.469 e. The Hall–Kier alpha value is -1.62. The lowest BCUT2D eigenvalue weighted by atomic mass is 10.1. The van der Waals surface area contributed by atoms with Gasteiger partial charge in [0.05, 0.1) is 12.8 Å². The molecule has 4 nitrogen and oxygen atoms in total. The van der Waals surface area contributed by atoms with Crippen molar-refractivity contribution in [3.63, 3.8) is 0 Å². The Bertz CT molecular complexity index is 561. The monoisotopic (exact) mass is 308 g/mol. The van der Waals surface area contributed by atoms with Crippen molar-refractivity contribution in [2.45, 2.75) is 13.3 Å². The van der Waals surface area contributed by atoms with E-state index in [-0.39, 0.29) is 12.4 Å². The molecule has 1 N–H and O–H groups in total. The topological polar surface area (TPSA) is 55.0 Å². The van der Waals surface area contributed by atoms with Gasteiger partial charge in [0.1, 0.15) is 12.2 Å². The van der Waals surface area contributed by atoms with Crippen LogP contribution in [0.2, 0.25) is 0 Å². The zero-order chi connectivity index (χ0) is 13.1. The molecule has 0 unspecified atom stereocenters. The maximum absolute atomic E-state index is 11.2. The quantitative estimate of drug-likeness (QED) is 0.887. The van der Waals surface area contributed by atoms with Gasteiger partial charge in [0.2, 0.25) is 0 Å². The van der Waals surface area contributed by atoms with Gasteiger partial charge < -0.3 is 9.72 Å². The number of nitrogens with zero attached hydrogens (tertiary/aromatic N) is 1. The second-order valence-corrected chi connectivity index (χ2v) is 4.83. The molecule has 0 saturated heterocycles. The number of carbonyl (C=O) groups excluding carboxylic acids is 1. The van der Waals surface area contributed by atoms with E-state index < -0.39 is 0 Å². The molecule has 2 rings (SSSR count). The van der Waals surface area contributed by atoms with Gasteiger partial charge in [-0.3, -0.25) is 4.79 Å². The van der Waals surface area contributed by atoms with E-state index in [0.29, 0.717) is 5.82 Å². The van der Waals surface area contributed by atoms with Gasteiger partial charge in [-0.25, -0.2) is 4.98 Å². The Balaban J connectivity index is 2.29. The third kappa shape index (κ3) is 2.79. The minimum atomic E-state index is -0.300. The molecular weight excluding hydrogens is 296 g/mol. The zero-order valence-corrected chi connectivity index (χ0v) is 11.7. The van der Waals surface area contributed by atoms with Crippen LogP contribution in [0.4, 0.5) is 0 Å². The van der Waals surface area contributed by atoms with Gasteiger partial charge in [-0.1, -0.05) is 28.1 Å².